The molecule has 0 radical (unpaired) electrons. The van der Waals surface area contributed by atoms with Gasteiger partial charge in [0.1, 0.15) is 24.4 Å². The fourth-order valence-electron chi connectivity index (χ4n) is 3.34. The molecule has 2 aromatic rings. The lowest BCUT2D eigenvalue weighted by Gasteiger charge is -2.13. The summed E-state index contributed by atoms with van der Waals surface area (Å²) in [6.45, 7) is 5.27. The number of carbonyl (C=O) groups is 2. The topological polar surface area (TPSA) is 64.6 Å². The minimum Gasteiger partial charge on any atom is -0.494 e. The number of nitrogens with one attached hydrogen (secondary N) is 1. The highest BCUT2D eigenvalue weighted by atomic mass is 16.5. The van der Waals surface area contributed by atoms with Gasteiger partial charge in [-0.15, -0.1) is 0 Å². The second-order valence-electron chi connectivity index (χ2n) is 7.75. The number of aldehydes is 1. The Morgan fingerprint density at radius 1 is 0.935 bits per heavy atom. The lowest BCUT2D eigenvalue weighted by molar-refractivity contribution is -0.119. The largest absolute Gasteiger partial charge is 0.494 e. The van der Waals surface area contributed by atoms with Crippen LogP contribution in [0.2, 0.25) is 0 Å². The second kappa shape index (κ2) is 14.2. The number of ether oxygens (including phenoxy) is 2. The van der Waals surface area contributed by atoms with E-state index in [-0.39, 0.29) is 5.91 Å². The van der Waals surface area contributed by atoms with Gasteiger partial charge in [-0.05, 0) is 47.9 Å². The molecule has 2 rings (SSSR count). The number of rotatable bonds is 15. The molecule has 0 fully saturated rings. The predicted molar refractivity (Wildman–Crippen MR) is 124 cm³/mol. The van der Waals surface area contributed by atoms with Crippen LogP contribution in [0.4, 0.5) is 0 Å². The SMILES string of the molecule is CCCCCCCCOc1ccc(Cc2cc(C=O)ccc2OCCNC(C)=O)cc1. The van der Waals surface area contributed by atoms with Crippen molar-refractivity contribution < 1.29 is 19.1 Å². The van der Waals surface area contributed by atoms with Crippen molar-refractivity contribution in [3.05, 3.63) is 59.2 Å². The second-order valence-corrected chi connectivity index (χ2v) is 7.75. The molecule has 5 heteroatoms. The van der Waals surface area contributed by atoms with Gasteiger partial charge in [0.2, 0.25) is 5.91 Å². The molecule has 168 valence electrons. The normalized spacial score (nSPS) is 10.5. The average molecular weight is 426 g/mol. The van der Waals surface area contributed by atoms with E-state index in [0.717, 1.165) is 41.9 Å². The van der Waals surface area contributed by atoms with Gasteiger partial charge in [-0.3, -0.25) is 9.59 Å². The van der Waals surface area contributed by atoms with Gasteiger partial charge in [-0.25, -0.2) is 0 Å². The number of hydrogen-bond acceptors (Lipinski definition) is 4. The maximum absolute atomic E-state index is 11.2. The number of amides is 1. The predicted octanol–water partition coefficient (Wildman–Crippen LogP) is 5.34. The summed E-state index contributed by atoms with van der Waals surface area (Å²) in [4.78, 5) is 22.2. The molecule has 2 aromatic carbocycles. The maximum atomic E-state index is 11.2. The van der Waals surface area contributed by atoms with Crippen molar-refractivity contribution in [1.29, 1.82) is 0 Å². The summed E-state index contributed by atoms with van der Waals surface area (Å²) in [5.41, 5.74) is 2.66. The van der Waals surface area contributed by atoms with E-state index < -0.39 is 0 Å². The quantitative estimate of drug-likeness (QED) is 0.309. The fraction of sp³-hybridized carbons (Fsp3) is 0.462. The molecule has 0 heterocycles. The van der Waals surface area contributed by atoms with Crippen molar-refractivity contribution >= 4 is 12.2 Å². The van der Waals surface area contributed by atoms with Crippen LogP contribution < -0.4 is 14.8 Å². The van der Waals surface area contributed by atoms with E-state index in [1.807, 2.05) is 36.4 Å². The monoisotopic (exact) mass is 425 g/mol. The Bertz CT molecular complexity index is 802. The zero-order chi connectivity index (χ0) is 22.3. The molecule has 0 unspecified atom stereocenters. The average Bonchev–Trinajstić information content (AvgIpc) is 2.77. The van der Waals surface area contributed by atoms with Crippen LogP contribution in [0.3, 0.4) is 0 Å². The molecule has 0 atom stereocenters. The third kappa shape index (κ3) is 9.69. The van der Waals surface area contributed by atoms with E-state index in [2.05, 4.69) is 12.2 Å². The molecular weight excluding hydrogens is 390 g/mol. The number of unbranched alkanes of at least 4 members (excludes halogenated alkanes) is 5. The molecule has 5 nitrogen and oxygen atoms in total. The molecule has 0 aliphatic carbocycles. The summed E-state index contributed by atoms with van der Waals surface area (Å²) in [6.07, 6.45) is 8.98. The van der Waals surface area contributed by atoms with E-state index >= 15 is 0 Å². The van der Waals surface area contributed by atoms with Crippen molar-refractivity contribution in [1.82, 2.24) is 5.32 Å². The van der Waals surface area contributed by atoms with Gasteiger partial charge in [-0.2, -0.15) is 0 Å². The van der Waals surface area contributed by atoms with Gasteiger partial charge in [0.05, 0.1) is 13.2 Å². The van der Waals surface area contributed by atoms with Crippen molar-refractivity contribution in [2.24, 2.45) is 0 Å². The van der Waals surface area contributed by atoms with Crippen LogP contribution >= 0.6 is 0 Å². The molecule has 0 spiro atoms. The summed E-state index contributed by atoms with van der Waals surface area (Å²) in [5.74, 6) is 1.52. The first-order chi connectivity index (χ1) is 15.1. The smallest absolute Gasteiger partial charge is 0.216 e. The Morgan fingerprint density at radius 3 is 2.39 bits per heavy atom. The summed E-state index contributed by atoms with van der Waals surface area (Å²) in [6, 6.07) is 13.5. The molecule has 1 N–H and O–H groups in total. The molecule has 31 heavy (non-hydrogen) atoms. The molecule has 0 bridgehead atoms. The van der Waals surface area contributed by atoms with Crippen molar-refractivity contribution in [2.45, 2.75) is 58.8 Å². The molecule has 1 amide bonds. The third-order valence-corrected chi connectivity index (χ3v) is 5.04. The molecule has 0 aliphatic rings. The van der Waals surface area contributed by atoms with Crippen molar-refractivity contribution in [3.8, 4) is 11.5 Å². The van der Waals surface area contributed by atoms with Crippen LogP contribution in [0.15, 0.2) is 42.5 Å². The zero-order valence-corrected chi connectivity index (χ0v) is 18.8. The highest BCUT2D eigenvalue weighted by Crippen LogP contribution is 2.24. The van der Waals surface area contributed by atoms with E-state index in [1.165, 1.54) is 39.0 Å². The highest BCUT2D eigenvalue weighted by Gasteiger charge is 2.08. The van der Waals surface area contributed by atoms with Crippen molar-refractivity contribution in [3.63, 3.8) is 0 Å². The molecule has 0 aliphatic heterocycles. The Morgan fingerprint density at radius 2 is 1.68 bits per heavy atom. The first-order valence-corrected chi connectivity index (χ1v) is 11.3. The summed E-state index contributed by atoms with van der Waals surface area (Å²) in [7, 11) is 0. The standard InChI is InChI=1S/C26H35NO4/c1-3-4-5-6-7-8-16-30-25-12-9-22(10-13-25)18-24-19-23(20-28)11-14-26(24)31-17-15-27-21(2)29/h9-14,19-20H,3-8,15-18H2,1-2H3,(H,27,29). The zero-order valence-electron chi connectivity index (χ0n) is 18.8. The van der Waals surface area contributed by atoms with E-state index in [0.29, 0.717) is 25.1 Å². The van der Waals surface area contributed by atoms with Gasteiger partial charge in [0, 0.05) is 18.9 Å². The molecule has 0 saturated carbocycles. The fourth-order valence-corrected chi connectivity index (χ4v) is 3.34. The minimum atomic E-state index is -0.0843. The maximum Gasteiger partial charge on any atom is 0.216 e. The minimum absolute atomic E-state index is 0.0843. The third-order valence-electron chi connectivity index (χ3n) is 5.04. The molecule has 0 saturated heterocycles. The Hall–Kier alpha value is -2.82. The van der Waals surface area contributed by atoms with Crippen molar-refractivity contribution in [2.75, 3.05) is 19.8 Å². The van der Waals surface area contributed by atoms with Gasteiger partial charge >= 0.3 is 0 Å². The van der Waals surface area contributed by atoms with Gasteiger partial charge in [-0.1, -0.05) is 51.2 Å². The van der Waals surface area contributed by atoms with E-state index in [9.17, 15) is 9.59 Å². The van der Waals surface area contributed by atoms with Crippen LogP contribution in [-0.4, -0.2) is 32.0 Å². The van der Waals surface area contributed by atoms with Gasteiger partial charge in [0.15, 0.2) is 0 Å². The summed E-state index contributed by atoms with van der Waals surface area (Å²) < 4.78 is 11.7. The number of carbonyl (C=O) groups excluding carboxylic acids is 2. The van der Waals surface area contributed by atoms with Crippen LogP contribution in [0.25, 0.3) is 0 Å². The first kappa shape index (κ1) is 24.4. The Labute approximate surface area is 186 Å². The van der Waals surface area contributed by atoms with E-state index in [1.54, 1.807) is 6.07 Å². The highest BCUT2D eigenvalue weighted by molar-refractivity contribution is 5.75. The van der Waals surface area contributed by atoms with Gasteiger partial charge < -0.3 is 14.8 Å². The first-order valence-electron chi connectivity index (χ1n) is 11.3. The summed E-state index contributed by atoms with van der Waals surface area (Å²) in [5, 5.41) is 2.71. The van der Waals surface area contributed by atoms with Crippen LogP contribution in [-0.2, 0) is 11.2 Å². The van der Waals surface area contributed by atoms with Gasteiger partial charge in [0.25, 0.3) is 0 Å². The Kier molecular flexibility index (Phi) is 11.2. The van der Waals surface area contributed by atoms with Crippen LogP contribution in [0, 0.1) is 0 Å². The number of benzene rings is 2. The summed E-state index contributed by atoms with van der Waals surface area (Å²) >= 11 is 0. The van der Waals surface area contributed by atoms with Crippen LogP contribution in [0.1, 0.15) is 73.9 Å². The van der Waals surface area contributed by atoms with E-state index in [4.69, 9.17) is 9.47 Å². The Balaban J connectivity index is 1.87. The lowest BCUT2D eigenvalue weighted by atomic mass is 10.0. The lowest BCUT2D eigenvalue weighted by Crippen LogP contribution is -2.25. The van der Waals surface area contributed by atoms with Crippen LogP contribution in [0.5, 0.6) is 11.5 Å². The molecular formula is C26H35NO4. The number of hydrogen-bond donors (Lipinski definition) is 1. The molecule has 0 aromatic heterocycles.